The van der Waals surface area contributed by atoms with E-state index in [0.717, 1.165) is 4.47 Å². The third-order valence-electron chi connectivity index (χ3n) is 2.83. The first kappa shape index (κ1) is 16.5. The van der Waals surface area contributed by atoms with Crippen LogP contribution in [0.3, 0.4) is 0 Å². The average molecular weight is 342 g/mol. The highest BCUT2D eigenvalue weighted by atomic mass is 79.9. The van der Waals surface area contributed by atoms with E-state index < -0.39 is 6.04 Å². The number of rotatable bonds is 5. The van der Waals surface area contributed by atoms with Crippen LogP contribution in [0.15, 0.2) is 22.7 Å². The van der Waals surface area contributed by atoms with Crippen LogP contribution in [0.5, 0.6) is 0 Å². The zero-order valence-electron chi connectivity index (χ0n) is 11.9. The highest BCUT2D eigenvalue weighted by molar-refractivity contribution is 9.10. The van der Waals surface area contributed by atoms with E-state index in [4.69, 9.17) is 5.73 Å². The molecular weight excluding hydrogens is 322 g/mol. The second-order valence-corrected chi connectivity index (χ2v) is 5.92. The third kappa shape index (κ3) is 4.52. The Hall–Kier alpha value is -1.56. The average Bonchev–Trinajstić information content (AvgIpc) is 2.36. The number of benzene rings is 1. The van der Waals surface area contributed by atoms with Gasteiger partial charge in [0.1, 0.15) is 6.04 Å². The summed E-state index contributed by atoms with van der Waals surface area (Å²) in [5, 5.41) is 5.29. The molecule has 0 aliphatic carbocycles. The number of amides is 2. The zero-order chi connectivity index (χ0) is 15.3. The molecule has 0 saturated heterocycles. The van der Waals surface area contributed by atoms with Gasteiger partial charge in [0.25, 0.3) is 5.91 Å². The summed E-state index contributed by atoms with van der Waals surface area (Å²) in [4.78, 5) is 24.0. The van der Waals surface area contributed by atoms with Crippen molar-refractivity contribution in [3.05, 3.63) is 28.2 Å². The van der Waals surface area contributed by atoms with Crippen molar-refractivity contribution in [2.75, 3.05) is 12.8 Å². The van der Waals surface area contributed by atoms with Crippen LogP contribution in [0.2, 0.25) is 0 Å². The number of hydrogen-bond acceptors (Lipinski definition) is 3. The van der Waals surface area contributed by atoms with Gasteiger partial charge in [-0.1, -0.05) is 29.8 Å². The molecule has 0 bridgehead atoms. The molecule has 2 amide bonds. The van der Waals surface area contributed by atoms with E-state index in [1.54, 1.807) is 25.2 Å². The summed E-state index contributed by atoms with van der Waals surface area (Å²) in [7, 11) is 1.55. The van der Waals surface area contributed by atoms with Gasteiger partial charge < -0.3 is 16.4 Å². The lowest BCUT2D eigenvalue weighted by Gasteiger charge is -2.19. The van der Waals surface area contributed by atoms with Gasteiger partial charge in [0, 0.05) is 17.2 Å². The minimum Gasteiger partial charge on any atom is -0.398 e. The summed E-state index contributed by atoms with van der Waals surface area (Å²) in [5.41, 5.74) is 6.56. The highest BCUT2D eigenvalue weighted by Crippen LogP contribution is 2.19. The van der Waals surface area contributed by atoms with E-state index in [0.29, 0.717) is 23.6 Å². The Morgan fingerprint density at radius 2 is 2.00 bits per heavy atom. The van der Waals surface area contributed by atoms with Gasteiger partial charge in [-0.15, -0.1) is 0 Å². The van der Waals surface area contributed by atoms with Crippen molar-refractivity contribution in [3.63, 3.8) is 0 Å². The number of anilines is 1. The maximum Gasteiger partial charge on any atom is 0.254 e. The summed E-state index contributed by atoms with van der Waals surface area (Å²) < 4.78 is 0.802. The fourth-order valence-electron chi connectivity index (χ4n) is 1.85. The molecule has 20 heavy (non-hydrogen) atoms. The zero-order valence-corrected chi connectivity index (χ0v) is 13.5. The highest BCUT2D eigenvalue weighted by Gasteiger charge is 2.22. The van der Waals surface area contributed by atoms with E-state index in [1.165, 1.54) is 0 Å². The summed E-state index contributed by atoms with van der Waals surface area (Å²) in [6.07, 6.45) is 0.571. The molecule has 0 radical (unpaired) electrons. The Labute approximate surface area is 127 Å². The van der Waals surface area contributed by atoms with E-state index in [1.807, 2.05) is 13.8 Å². The Morgan fingerprint density at radius 1 is 1.35 bits per heavy atom. The standard InChI is InChI=1S/C14H20BrN3O2/c1-8(2)6-12(14(20)17-3)18-13(19)10-5-4-9(15)7-11(10)16/h4-5,7-8,12H,6,16H2,1-3H3,(H,17,20)(H,18,19). The first-order valence-corrected chi connectivity index (χ1v) is 7.22. The van der Waals surface area contributed by atoms with Gasteiger partial charge >= 0.3 is 0 Å². The molecule has 6 heteroatoms. The Morgan fingerprint density at radius 3 is 2.50 bits per heavy atom. The molecule has 0 heterocycles. The third-order valence-corrected chi connectivity index (χ3v) is 3.33. The van der Waals surface area contributed by atoms with Crippen LogP contribution < -0.4 is 16.4 Å². The molecule has 1 unspecified atom stereocenters. The number of nitrogens with two attached hydrogens (primary N) is 1. The van der Waals surface area contributed by atoms with Gasteiger partial charge in [0.15, 0.2) is 0 Å². The summed E-state index contributed by atoms with van der Waals surface area (Å²) in [5.74, 6) is -0.258. The second-order valence-electron chi connectivity index (χ2n) is 5.00. The maximum atomic E-state index is 12.2. The minimum absolute atomic E-state index is 0.206. The molecule has 1 rings (SSSR count). The fourth-order valence-corrected chi connectivity index (χ4v) is 2.23. The van der Waals surface area contributed by atoms with Crippen molar-refractivity contribution < 1.29 is 9.59 Å². The molecule has 110 valence electrons. The van der Waals surface area contributed by atoms with Crippen molar-refractivity contribution in [2.24, 2.45) is 5.92 Å². The normalized spacial score (nSPS) is 12.1. The molecule has 0 spiro atoms. The predicted octanol–water partition coefficient (Wildman–Crippen LogP) is 1.92. The Bertz CT molecular complexity index is 503. The summed E-state index contributed by atoms with van der Waals surface area (Å²) >= 11 is 3.29. The summed E-state index contributed by atoms with van der Waals surface area (Å²) in [6.45, 7) is 3.99. The van der Waals surface area contributed by atoms with Crippen molar-refractivity contribution >= 4 is 33.4 Å². The van der Waals surface area contributed by atoms with Crippen molar-refractivity contribution in [2.45, 2.75) is 26.3 Å². The molecule has 0 aliphatic rings. The maximum absolute atomic E-state index is 12.2. The lowest BCUT2D eigenvalue weighted by atomic mass is 10.0. The van der Waals surface area contributed by atoms with Gasteiger partial charge in [-0.25, -0.2) is 0 Å². The fraction of sp³-hybridized carbons (Fsp3) is 0.429. The molecular formula is C14H20BrN3O2. The van der Waals surface area contributed by atoms with Crippen LogP contribution in [0.1, 0.15) is 30.6 Å². The van der Waals surface area contributed by atoms with Crippen LogP contribution in [-0.4, -0.2) is 24.9 Å². The number of carbonyl (C=O) groups excluding carboxylic acids is 2. The number of carbonyl (C=O) groups is 2. The first-order chi connectivity index (χ1) is 9.35. The number of halogens is 1. The van der Waals surface area contributed by atoms with Crippen LogP contribution >= 0.6 is 15.9 Å². The minimum atomic E-state index is -0.560. The largest absolute Gasteiger partial charge is 0.398 e. The molecule has 4 N–H and O–H groups in total. The Kier molecular flexibility index (Phi) is 6.01. The Balaban J connectivity index is 2.87. The van der Waals surface area contributed by atoms with Crippen LogP contribution in [0.4, 0.5) is 5.69 Å². The second kappa shape index (κ2) is 7.28. The van der Waals surface area contributed by atoms with Gasteiger partial charge in [-0.3, -0.25) is 9.59 Å². The smallest absolute Gasteiger partial charge is 0.254 e. The SMILES string of the molecule is CNC(=O)C(CC(C)C)NC(=O)c1ccc(Br)cc1N. The first-order valence-electron chi connectivity index (χ1n) is 6.42. The van der Waals surface area contributed by atoms with E-state index in [-0.39, 0.29) is 11.8 Å². The molecule has 5 nitrogen and oxygen atoms in total. The summed E-state index contributed by atoms with van der Waals surface area (Å²) in [6, 6.07) is 4.47. The molecule has 0 aromatic heterocycles. The van der Waals surface area contributed by atoms with Crippen LogP contribution in [0.25, 0.3) is 0 Å². The van der Waals surface area contributed by atoms with Gasteiger partial charge in [0.05, 0.1) is 5.56 Å². The number of nitrogen functional groups attached to an aromatic ring is 1. The molecule has 1 aromatic carbocycles. The number of hydrogen-bond donors (Lipinski definition) is 3. The van der Waals surface area contributed by atoms with Gasteiger partial charge in [0.2, 0.25) is 5.91 Å². The number of likely N-dealkylation sites (N-methyl/N-ethyl adjacent to an activating group) is 1. The predicted molar refractivity (Wildman–Crippen MR) is 83.3 cm³/mol. The number of nitrogens with one attached hydrogen (secondary N) is 2. The molecule has 0 aliphatic heterocycles. The topological polar surface area (TPSA) is 84.2 Å². The van der Waals surface area contributed by atoms with Crippen LogP contribution in [0, 0.1) is 5.92 Å². The van der Waals surface area contributed by atoms with Gasteiger partial charge in [-0.05, 0) is 30.5 Å². The van der Waals surface area contributed by atoms with Crippen molar-refractivity contribution in [3.8, 4) is 0 Å². The molecule has 1 atom stereocenters. The van der Waals surface area contributed by atoms with E-state index in [9.17, 15) is 9.59 Å². The van der Waals surface area contributed by atoms with Crippen molar-refractivity contribution in [1.82, 2.24) is 10.6 Å². The van der Waals surface area contributed by atoms with Crippen molar-refractivity contribution in [1.29, 1.82) is 0 Å². The van der Waals surface area contributed by atoms with Gasteiger partial charge in [-0.2, -0.15) is 0 Å². The monoisotopic (exact) mass is 341 g/mol. The van der Waals surface area contributed by atoms with E-state index >= 15 is 0 Å². The lowest BCUT2D eigenvalue weighted by Crippen LogP contribution is -2.46. The van der Waals surface area contributed by atoms with E-state index in [2.05, 4.69) is 26.6 Å². The van der Waals surface area contributed by atoms with Crippen LogP contribution in [-0.2, 0) is 4.79 Å². The molecule has 0 fully saturated rings. The quantitative estimate of drug-likeness (QED) is 0.715. The molecule has 1 aromatic rings. The molecule has 0 saturated carbocycles. The lowest BCUT2D eigenvalue weighted by molar-refractivity contribution is -0.122.